The average Bonchev–Trinajstić information content (AvgIpc) is 2.99. The Hall–Kier alpha value is -2.88. The van der Waals surface area contributed by atoms with E-state index in [0.29, 0.717) is 18.7 Å². The molecule has 0 unspecified atom stereocenters. The van der Waals surface area contributed by atoms with Crippen molar-refractivity contribution in [3.8, 4) is 0 Å². The average molecular weight is 320 g/mol. The van der Waals surface area contributed by atoms with Crippen molar-refractivity contribution in [3.05, 3.63) is 71.4 Å². The van der Waals surface area contributed by atoms with Crippen LogP contribution in [0.5, 0.6) is 0 Å². The molecule has 0 aliphatic carbocycles. The minimum absolute atomic E-state index is 0.0251. The molecule has 24 heavy (non-hydrogen) atoms. The lowest BCUT2D eigenvalue weighted by atomic mass is 10.0. The summed E-state index contributed by atoms with van der Waals surface area (Å²) in [4.78, 5) is 27.7. The van der Waals surface area contributed by atoms with Crippen LogP contribution < -0.4 is 5.32 Å². The summed E-state index contributed by atoms with van der Waals surface area (Å²) >= 11 is 0. The van der Waals surface area contributed by atoms with E-state index in [1.54, 1.807) is 0 Å². The zero-order valence-corrected chi connectivity index (χ0v) is 13.6. The number of carbonyl (C=O) groups excluding carboxylic acids is 2. The molecule has 0 radical (unpaired) electrons. The quantitative estimate of drug-likeness (QED) is 0.681. The van der Waals surface area contributed by atoms with Crippen molar-refractivity contribution in [1.82, 2.24) is 10.3 Å². The maximum Gasteiger partial charge on any atom is 0.224 e. The number of hydrogen-bond donors (Lipinski definition) is 2. The molecule has 3 aromatic rings. The van der Waals surface area contributed by atoms with Crippen LogP contribution in [0, 0.1) is 0 Å². The van der Waals surface area contributed by atoms with Gasteiger partial charge in [-0.05, 0) is 17.2 Å². The minimum Gasteiger partial charge on any atom is -0.352 e. The summed E-state index contributed by atoms with van der Waals surface area (Å²) < 4.78 is 0. The molecule has 1 heterocycles. The highest BCUT2D eigenvalue weighted by Gasteiger charge is 2.18. The van der Waals surface area contributed by atoms with Gasteiger partial charge in [0.25, 0.3) is 0 Å². The van der Waals surface area contributed by atoms with Gasteiger partial charge in [-0.25, -0.2) is 0 Å². The van der Waals surface area contributed by atoms with E-state index in [1.165, 1.54) is 0 Å². The van der Waals surface area contributed by atoms with Crippen molar-refractivity contribution < 1.29 is 9.59 Å². The standard InChI is InChI=1S/C20H20N2O2/c1-2-18(23)20-16(15-10-6-7-11-17(15)22-20)12-19(24)21-13-14-8-4-3-5-9-14/h3-11,22H,2,12-13H2,1H3,(H,21,24). The van der Waals surface area contributed by atoms with Gasteiger partial charge < -0.3 is 10.3 Å². The molecule has 4 nitrogen and oxygen atoms in total. The zero-order chi connectivity index (χ0) is 16.9. The first-order valence-corrected chi connectivity index (χ1v) is 8.12. The number of fused-ring (bicyclic) bond motifs is 1. The zero-order valence-electron chi connectivity index (χ0n) is 13.6. The molecular formula is C20H20N2O2. The molecule has 1 aromatic heterocycles. The number of aromatic amines is 1. The fourth-order valence-corrected chi connectivity index (χ4v) is 2.82. The molecule has 122 valence electrons. The highest BCUT2D eigenvalue weighted by molar-refractivity contribution is 6.03. The van der Waals surface area contributed by atoms with E-state index in [9.17, 15) is 9.59 Å². The first kappa shape index (κ1) is 16.0. The van der Waals surface area contributed by atoms with E-state index in [-0.39, 0.29) is 18.1 Å². The van der Waals surface area contributed by atoms with E-state index < -0.39 is 0 Å². The fraction of sp³-hybridized carbons (Fsp3) is 0.200. The molecule has 2 N–H and O–H groups in total. The molecule has 0 saturated carbocycles. The Balaban J connectivity index is 1.80. The SMILES string of the molecule is CCC(=O)c1[nH]c2ccccc2c1CC(=O)NCc1ccccc1. The molecule has 0 aliphatic heterocycles. The largest absolute Gasteiger partial charge is 0.352 e. The first-order chi connectivity index (χ1) is 11.7. The maximum atomic E-state index is 12.4. The number of carbonyl (C=O) groups is 2. The van der Waals surface area contributed by atoms with Crippen LogP contribution in [0.1, 0.15) is 35.0 Å². The summed E-state index contributed by atoms with van der Waals surface area (Å²) in [5.41, 5.74) is 3.27. The van der Waals surface area contributed by atoms with E-state index in [1.807, 2.05) is 61.5 Å². The van der Waals surface area contributed by atoms with Gasteiger partial charge in [0.2, 0.25) is 5.91 Å². The number of benzene rings is 2. The van der Waals surface area contributed by atoms with Gasteiger partial charge >= 0.3 is 0 Å². The van der Waals surface area contributed by atoms with Gasteiger partial charge in [-0.1, -0.05) is 55.5 Å². The van der Waals surface area contributed by atoms with Gasteiger partial charge in [0.15, 0.2) is 5.78 Å². The van der Waals surface area contributed by atoms with Crippen LogP contribution in [-0.4, -0.2) is 16.7 Å². The van der Waals surface area contributed by atoms with Gasteiger partial charge in [-0.2, -0.15) is 0 Å². The fourth-order valence-electron chi connectivity index (χ4n) is 2.82. The van der Waals surface area contributed by atoms with Crippen molar-refractivity contribution in [2.75, 3.05) is 0 Å². The number of para-hydroxylation sites is 1. The highest BCUT2D eigenvalue weighted by Crippen LogP contribution is 2.24. The monoisotopic (exact) mass is 320 g/mol. The second kappa shape index (κ2) is 7.13. The Morgan fingerprint density at radius 1 is 1.00 bits per heavy atom. The third-order valence-corrected chi connectivity index (χ3v) is 4.08. The second-order valence-corrected chi connectivity index (χ2v) is 5.74. The van der Waals surface area contributed by atoms with E-state index in [0.717, 1.165) is 22.0 Å². The van der Waals surface area contributed by atoms with Gasteiger partial charge in [0.1, 0.15) is 0 Å². The molecule has 2 aromatic carbocycles. The topological polar surface area (TPSA) is 62.0 Å². The van der Waals surface area contributed by atoms with Crippen LogP contribution in [0.15, 0.2) is 54.6 Å². The lowest BCUT2D eigenvalue weighted by Gasteiger charge is -2.06. The predicted octanol–water partition coefficient (Wildman–Crippen LogP) is 3.62. The number of hydrogen-bond acceptors (Lipinski definition) is 2. The molecule has 0 spiro atoms. The van der Waals surface area contributed by atoms with Crippen LogP contribution in [0.2, 0.25) is 0 Å². The van der Waals surface area contributed by atoms with Gasteiger partial charge in [0, 0.05) is 23.9 Å². The Bertz CT molecular complexity index is 866. The number of Topliss-reactive ketones (excluding diaryl/α,β-unsaturated/α-hetero) is 1. The summed E-state index contributed by atoms with van der Waals surface area (Å²) in [5.74, 6) is -0.0641. The minimum atomic E-state index is -0.0891. The first-order valence-electron chi connectivity index (χ1n) is 8.12. The van der Waals surface area contributed by atoms with E-state index in [4.69, 9.17) is 0 Å². The number of ketones is 1. The molecule has 0 aliphatic rings. The van der Waals surface area contributed by atoms with Crippen LogP contribution in [0.25, 0.3) is 10.9 Å². The number of H-pyrrole nitrogens is 1. The van der Waals surface area contributed by atoms with Crippen LogP contribution in [-0.2, 0) is 17.8 Å². The summed E-state index contributed by atoms with van der Waals surface area (Å²) in [6, 6.07) is 17.5. The summed E-state index contributed by atoms with van der Waals surface area (Å²) in [6.45, 7) is 2.31. The molecule has 4 heteroatoms. The van der Waals surface area contributed by atoms with Gasteiger partial charge in [0.05, 0.1) is 12.1 Å². The Morgan fingerprint density at radius 2 is 1.71 bits per heavy atom. The second-order valence-electron chi connectivity index (χ2n) is 5.74. The number of nitrogens with one attached hydrogen (secondary N) is 2. The smallest absolute Gasteiger partial charge is 0.224 e. The normalized spacial score (nSPS) is 10.7. The Kier molecular flexibility index (Phi) is 4.75. The van der Waals surface area contributed by atoms with Crippen molar-refractivity contribution in [1.29, 1.82) is 0 Å². The third-order valence-electron chi connectivity index (χ3n) is 4.08. The third kappa shape index (κ3) is 3.38. The molecule has 0 bridgehead atoms. The van der Waals surface area contributed by atoms with Crippen LogP contribution in [0.3, 0.4) is 0 Å². The van der Waals surface area contributed by atoms with Crippen molar-refractivity contribution in [2.24, 2.45) is 0 Å². The molecule has 0 atom stereocenters. The Morgan fingerprint density at radius 3 is 2.46 bits per heavy atom. The molecule has 1 amide bonds. The Labute approximate surface area is 140 Å². The molecule has 0 saturated heterocycles. The van der Waals surface area contributed by atoms with Crippen molar-refractivity contribution in [3.63, 3.8) is 0 Å². The molecule has 3 rings (SSSR count). The lowest BCUT2D eigenvalue weighted by molar-refractivity contribution is -0.120. The lowest BCUT2D eigenvalue weighted by Crippen LogP contribution is -2.25. The number of rotatable bonds is 6. The van der Waals surface area contributed by atoms with Crippen molar-refractivity contribution >= 4 is 22.6 Å². The van der Waals surface area contributed by atoms with E-state index in [2.05, 4.69) is 10.3 Å². The van der Waals surface area contributed by atoms with Crippen LogP contribution in [0.4, 0.5) is 0 Å². The summed E-state index contributed by atoms with van der Waals surface area (Å²) in [6.07, 6.45) is 0.601. The molecule has 0 fully saturated rings. The number of aromatic nitrogens is 1. The van der Waals surface area contributed by atoms with Crippen LogP contribution >= 0.6 is 0 Å². The molecular weight excluding hydrogens is 300 g/mol. The van der Waals surface area contributed by atoms with Gasteiger partial charge in [-0.15, -0.1) is 0 Å². The summed E-state index contributed by atoms with van der Waals surface area (Å²) in [7, 11) is 0. The summed E-state index contributed by atoms with van der Waals surface area (Å²) in [5, 5.41) is 3.86. The van der Waals surface area contributed by atoms with Crippen molar-refractivity contribution in [2.45, 2.75) is 26.3 Å². The van der Waals surface area contributed by atoms with Gasteiger partial charge in [-0.3, -0.25) is 9.59 Å². The predicted molar refractivity (Wildman–Crippen MR) is 94.9 cm³/mol. The highest BCUT2D eigenvalue weighted by atomic mass is 16.1. The number of amides is 1. The van der Waals surface area contributed by atoms with E-state index >= 15 is 0 Å². The maximum absolute atomic E-state index is 12.4.